The van der Waals surface area contributed by atoms with Crippen molar-refractivity contribution in [2.75, 3.05) is 6.61 Å². The van der Waals surface area contributed by atoms with Gasteiger partial charge in [0.1, 0.15) is 24.4 Å². The minimum atomic E-state index is -0.937. The summed E-state index contributed by atoms with van der Waals surface area (Å²) < 4.78 is 17.5. The lowest BCUT2D eigenvalue weighted by Gasteiger charge is -2.31. The van der Waals surface area contributed by atoms with Crippen LogP contribution in [0.5, 0.6) is 0 Å². The summed E-state index contributed by atoms with van der Waals surface area (Å²) in [6, 6.07) is 0. The van der Waals surface area contributed by atoms with Gasteiger partial charge in [0.25, 0.3) is 0 Å². The maximum atomic E-state index is 9.79. The SMILES string of the molecule is CC[C@@]1(C)O[C@H](C(O)CO)[C@H]2OC(C)(C)O[C@H]21. The Morgan fingerprint density at radius 3 is 2.35 bits per heavy atom. The number of ether oxygens (including phenoxy) is 3. The third-order valence-corrected chi connectivity index (χ3v) is 3.73. The van der Waals surface area contributed by atoms with E-state index in [9.17, 15) is 5.11 Å². The van der Waals surface area contributed by atoms with Gasteiger partial charge in [-0.05, 0) is 27.2 Å². The molecule has 2 rings (SSSR count). The number of aliphatic hydroxyl groups is 2. The second-order valence-corrected chi connectivity index (χ2v) is 5.52. The molecule has 17 heavy (non-hydrogen) atoms. The number of hydrogen-bond acceptors (Lipinski definition) is 5. The molecule has 5 heteroatoms. The maximum Gasteiger partial charge on any atom is 0.164 e. The monoisotopic (exact) mass is 246 g/mol. The molecule has 2 heterocycles. The Hall–Kier alpha value is -0.200. The van der Waals surface area contributed by atoms with E-state index in [1.165, 1.54) is 0 Å². The molecule has 2 saturated heterocycles. The van der Waals surface area contributed by atoms with Crippen molar-refractivity contribution < 1.29 is 24.4 Å². The lowest BCUT2D eigenvalue weighted by Crippen LogP contribution is -2.40. The molecule has 0 saturated carbocycles. The molecule has 0 aromatic carbocycles. The Kier molecular flexibility index (Phi) is 3.25. The highest BCUT2D eigenvalue weighted by Gasteiger charge is 2.61. The summed E-state index contributed by atoms with van der Waals surface area (Å²) in [6.07, 6.45) is -1.22. The van der Waals surface area contributed by atoms with Crippen LogP contribution in [0, 0.1) is 0 Å². The highest BCUT2D eigenvalue weighted by molar-refractivity contribution is 5.06. The quantitative estimate of drug-likeness (QED) is 0.755. The van der Waals surface area contributed by atoms with Crippen LogP contribution in [0.15, 0.2) is 0 Å². The van der Waals surface area contributed by atoms with Gasteiger partial charge in [-0.25, -0.2) is 0 Å². The second kappa shape index (κ2) is 4.17. The van der Waals surface area contributed by atoms with Crippen LogP contribution >= 0.6 is 0 Å². The number of aliphatic hydroxyl groups excluding tert-OH is 2. The summed E-state index contributed by atoms with van der Waals surface area (Å²) in [7, 11) is 0. The first kappa shape index (κ1) is 13.2. The van der Waals surface area contributed by atoms with Crippen molar-refractivity contribution in [1.82, 2.24) is 0 Å². The normalized spacial score (nSPS) is 45.9. The van der Waals surface area contributed by atoms with Crippen LogP contribution in [0.25, 0.3) is 0 Å². The number of fused-ring (bicyclic) bond motifs is 1. The molecule has 0 aromatic heterocycles. The highest BCUT2D eigenvalue weighted by atomic mass is 16.8. The predicted octanol–water partition coefficient (Wildman–Crippen LogP) is 0.427. The van der Waals surface area contributed by atoms with Gasteiger partial charge in [-0.15, -0.1) is 0 Å². The van der Waals surface area contributed by atoms with Crippen molar-refractivity contribution in [2.45, 2.75) is 69.9 Å². The van der Waals surface area contributed by atoms with Crippen molar-refractivity contribution >= 4 is 0 Å². The van der Waals surface area contributed by atoms with Gasteiger partial charge in [-0.2, -0.15) is 0 Å². The summed E-state index contributed by atoms with van der Waals surface area (Å²) in [5.41, 5.74) is -0.473. The molecular formula is C12H22O5. The van der Waals surface area contributed by atoms with Gasteiger partial charge in [0.05, 0.1) is 12.2 Å². The van der Waals surface area contributed by atoms with E-state index in [4.69, 9.17) is 19.3 Å². The van der Waals surface area contributed by atoms with Crippen molar-refractivity contribution in [2.24, 2.45) is 0 Å². The minimum absolute atomic E-state index is 0.200. The second-order valence-electron chi connectivity index (χ2n) is 5.52. The van der Waals surface area contributed by atoms with E-state index in [2.05, 4.69) is 0 Å². The van der Waals surface area contributed by atoms with Crippen LogP contribution in [0.2, 0.25) is 0 Å². The molecule has 0 spiro atoms. The molecule has 5 nitrogen and oxygen atoms in total. The zero-order valence-electron chi connectivity index (χ0n) is 10.8. The Morgan fingerprint density at radius 2 is 1.82 bits per heavy atom. The minimum Gasteiger partial charge on any atom is -0.394 e. The molecular weight excluding hydrogens is 224 g/mol. The average Bonchev–Trinajstić information content (AvgIpc) is 2.72. The Balaban J connectivity index is 2.24. The van der Waals surface area contributed by atoms with E-state index in [0.717, 1.165) is 6.42 Å². The third kappa shape index (κ3) is 2.11. The van der Waals surface area contributed by atoms with Crippen molar-refractivity contribution in [1.29, 1.82) is 0 Å². The molecule has 2 fully saturated rings. The van der Waals surface area contributed by atoms with E-state index in [1.54, 1.807) is 0 Å². The molecule has 0 aliphatic carbocycles. The Bertz CT molecular complexity index is 293. The fraction of sp³-hybridized carbons (Fsp3) is 1.00. The van der Waals surface area contributed by atoms with Gasteiger partial charge in [0.2, 0.25) is 0 Å². The van der Waals surface area contributed by atoms with E-state index >= 15 is 0 Å². The molecule has 5 atom stereocenters. The van der Waals surface area contributed by atoms with Crippen LogP contribution < -0.4 is 0 Å². The van der Waals surface area contributed by atoms with Crippen molar-refractivity contribution in [3.8, 4) is 0 Å². The standard InChI is InChI=1S/C12H22O5/c1-5-12(4)10-9(15-11(2,3)17-10)8(16-12)7(14)6-13/h7-10,13-14H,5-6H2,1-4H3/t7?,8-,9-,10-,12-/m1/s1. The van der Waals surface area contributed by atoms with Gasteiger partial charge >= 0.3 is 0 Å². The molecule has 100 valence electrons. The smallest absolute Gasteiger partial charge is 0.164 e. The lowest BCUT2D eigenvalue weighted by molar-refractivity contribution is -0.218. The fourth-order valence-corrected chi connectivity index (χ4v) is 2.63. The van der Waals surface area contributed by atoms with E-state index < -0.39 is 23.6 Å². The number of rotatable bonds is 3. The highest BCUT2D eigenvalue weighted by Crippen LogP contribution is 2.46. The average molecular weight is 246 g/mol. The summed E-state index contributed by atoms with van der Waals surface area (Å²) in [5.74, 6) is -0.664. The zero-order chi connectivity index (χ0) is 12.8. The van der Waals surface area contributed by atoms with Gasteiger partial charge in [-0.3, -0.25) is 0 Å². The largest absolute Gasteiger partial charge is 0.394 e. The molecule has 0 radical (unpaired) electrons. The summed E-state index contributed by atoms with van der Waals surface area (Å²) in [6.45, 7) is 7.34. The first-order valence-electron chi connectivity index (χ1n) is 6.15. The van der Waals surface area contributed by atoms with Gasteiger partial charge in [0, 0.05) is 0 Å². The van der Waals surface area contributed by atoms with E-state index in [1.807, 2.05) is 27.7 Å². The first-order valence-corrected chi connectivity index (χ1v) is 6.15. The van der Waals surface area contributed by atoms with Crippen molar-refractivity contribution in [3.63, 3.8) is 0 Å². The van der Waals surface area contributed by atoms with Crippen molar-refractivity contribution in [3.05, 3.63) is 0 Å². The fourth-order valence-electron chi connectivity index (χ4n) is 2.63. The van der Waals surface area contributed by atoms with Gasteiger partial charge < -0.3 is 24.4 Å². The summed E-state index contributed by atoms with van der Waals surface area (Å²) in [4.78, 5) is 0. The van der Waals surface area contributed by atoms with Crippen LogP contribution in [0.1, 0.15) is 34.1 Å². The van der Waals surface area contributed by atoms with Crippen LogP contribution in [0.4, 0.5) is 0 Å². The van der Waals surface area contributed by atoms with Crippen LogP contribution in [-0.2, 0) is 14.2 Å². The molecule has 0 bridgehead atoms. The third-order valence-electron chi connectivity index (χ3n) is 3.73. The molecule has 0 aromatic rings. The molecule has 2 aliphatic heterocycles. The van der Waals surface area contributed by atoms with E-state index in [0.29, 0.717) is 0 Å². The zero-order valence-corrected chi connectivity index (χ0v) is 10.8. The van der Waals surface area contributed by atoms with Crippen LogP contribution in [0.3, 0.4) is 0 Å². The summed E-state index contributed by atoms with van der Waals surface area (Å²) >= 11 is 0. The first-order chi connectivity index (χ1) is 7.83. The maximum absolute atomic E-state index is 9.79. The van der Waals surface area contributed by atoms with Crippen LogP contribution in [-0.4, -0.2) is 52.6 Å². The molecule has 2 N–H and O–H groups in total. The Morgan fingerprint density at radius 1 is 1.18 bits per heavy atom. The van der Waals surface area contributed by atoms with Gasteiger partial charge in [0.15, 0.2) is 5.79 Å². The van der Waals surface area contributed by atoms with Gasteiger partial charge in [-0.1, -0.05) is 6.92 Å². The summed E-state index contributed by atoms with van der Waals surface area (Å²) in [5, 5.41) is 18.9. The molecule has 2 aliphatic rings. The van der Waals surface area contributed by atoms with E-state index in [-0.39, 0.29) is 18.8 Å². The number of hydrogen-bond donors (Lipinski definition) is 2. The molecule has 1 unspecified atom stereocenters. The Labute approximate surface area is 102 Å². The topological polar surface area (TPSA) is 68.2 Å². The predicted molar refractivity (Wildman–Crippen MR) is 60.5 cm³/mol. The lowest BCUT2D eigenvalue weighted by atomic mass is 9.93. The molecule has 0 amide bonds.